The Morgan fingerprint density at radius 3 is 2.72 bits per heavy atom. The fourth-order valence-corrected chi connectivity index (χ4v) is 3.37. The van der Waals surface area contributed by atoms with E-state index in [4.69, 9.17) is 9.47 Å². The first kappa shape index (κ1) is 17.2. The number of benzene rings is 1. The van der Waals surface area contributed by atoms with Gasteiger partial charge in [-0.25, -0.2) is 4.79 Å². The molecule has 0 spiro atoms. The number of nitrogens with one attached hydrogen (secondary N) is 1. The first-order valence-corrected chi connectivity index (χ1v) is 9.04. The van der Waals surface area contributed by atoms with Gasteiger partial charge >= 0.3 is 5.97 Å². The summed E-state index contributed by atoms with van der Waals surface area (Å²) in [7, 11) is 0. The van der Waals surface area contributed by atoms with E-state index in [-0.39, 0.29) is 0 Å². The van der Waals surface area contributed by atoms with Crippen LogP contribution in [0.4, 0.5) is 4.79 Å². The van der Waals surface area contributed by atoms with Crippen LogP contribution in [0.5, 0.6) is 11.5 Å². The van der Waals surface area contributed by atoms with Gasteiger partial charge in [0.2, 0.25) is 0 Å². The van der Waals surface area contributed by atoms with E-state index in [0.29, 0.717) is 33.5 Å². The average Bonchev–Trinajstić information content (AvgIpc) is 3.20. The molecule has 0 saturated carbocycles. The molecule has 8 heteroatoms. The molecule has 1 aliphatic rings. The van der Waals surface area contributed by atoms with Crippen molar-refractivity contribution in [1.29, 1.82) is 0 Å². The SMILES string of the molecule is CCOc1cc(/C=C2/SC(=O)NC2=O)ccc1OC(=O)c1cccs1. The molecule has 2 amide bonds. The van der Waals surface area contributed by atoms with E-state index >= 15 is 0 Å². The molecule has 3 rings (SSSR count). The Morgan fingerprint density at radius 2 is 2.08 bits per heavy atom. The molecule has 0 aliphatic carbocycles. The van der Waals surface area contributed by atoms with Crippen LogP contribution >= 0.6 is 23.1 Å². The maximum atomic E-state index is 12.1. The molecule has 6 nitrogen and oxygen atoms in total. The third-order valence-electron chi connectivity index (χ3n) is 3.13. The van der Waals surface area contributed by atoms with Crippen LogP contribution in [-0.2, 0) is 4.79 Å². The van der Waals surface area contributed by atoms with E-state index in [1.807, 2.05) is 6.92 Å². The number of carbonyl (C=O) groups excluding carboxylic acids is 3. The highest BCUT2D eigenvalue weighted by Gasteiger charge is 2.25. The molecule has 1 aromatic carbocycles. The number of imide groups is 1. The van der Waals surface area contributed by atoms with E-state index in [9.17, 15) is 14.4 Å². The third kappa shape index (κ3) is 4.09. The minimum atomic E-state index is -0.460. The Labute approximate surface area is 151 Å². The highest BCUT2D eigenvalue weighted by atomic mass is 32.2. The van der Waals surface area contributed by atoms with Crippen LogP contribution in [0, 0.1) is 0 Å². The number of carbonyl (C=O) groups is 3. The van der Waals surface area contributed by atoms with Crippen molar-refractivity contribution in [3.63, 3.8) is 0 Å². The molecule has 0 bridgehead atoms. The second-order valence-electron chi connectivity index (χ2n) is 4.86. The highest BCUT2D eigenvalue weighted by molar-refractivity contribution is 8.18. The molecule has 0 atom stereocenters. The van der Waals surface area contributed by atoms with Crippen molar-refractivity contribution in [3.05, 3.63) is 51.1 Å². The predicted octanol–water partition coefficient (Wildman–Crippen LogP) is 3.69. The molecule has 1 saturated heterocycles. The zero-order chi connectivity index (χ0) is 17.8. The maximum Gasteiger partial charge on any atom is 0.353 e. The molecule has 1 aromatic heterocycles. The summed E-state index contributed by atoms with van der Waals surface area (Å²) in [5.41, 5.74) is 0.659. The minimum absolute atomic E-state index is 0.294. The fraction of sp³-hybridized carbons (Fsp3) is 0.118. The molecule has 0 unspecified atom stereocenters. The van der Waals surface area contributed by atoms with Crippen LogP contribution in [0.2, 0.25) is 0 Å². The van der Waals surface area contributed by atoms with E-state index in [1.165, 1.54) is 11.3 Å². The van der Waals surface area contributed by atoms with E-state index in [0.717, 1.165) is 11.8 Å². The van der Waals surface area contributed by atoms with Gasteiger partial charge < -0.3 is 9.47 Å². The van der Waals surface area contributed by atoms with Crippen LogP contribution < -0.4 is 14.8 Å². The standard InChI is InChI=1S/C17H13NO5S2/c1-2-22-12-8-10(9-14-15(19)18-17(21)25-14)5-6-11(12)23-16(20)13-4-3-7-24-13/h3-9H,2H2,1H3,(H,18,19,21)/b14-9+. The van der Waals surface area contributed by atoms with Crippen molar-refractivity contribution in [3.8, 4) is 11.5 Å². The van der Waals surface area contributed by atoms with E-state index in [2.05, 4.69) is 5.32 Å². The molecule has 128 valence electrons. The first-order chi connectivity index (χ1) is 12.1. The Balaban J connectivity index is 1.85. The maximum absolute atomic E-state index is 12.1. The average molecular weight is 375 g/mol. The van der Waals surface area contributed by atoms with Gasteiger partial charge in [-0.05, 0) is 53.9 Å². The van der Waals surface area contributed by atoms with Crippen LogP contribution in [0.1, 0.15) is 22.2 Å². The van der Waals surface area contributed by atoms with Crippen molar-refractivity contribution in [2.75, 3.05) is 6.61 Å². The number of esters is 1. The summed E-state index contributed by atoms with van der Waals surface area (Å²) in [6, 6.07) is 8.39. The van der Waals surface area contributed by atoms with Gasteiger partial charge in [0.25, 0.3) is 11.1 Å². The summed E-state index contributed by atoms with van der Waals surface area (Å²) in [5.74, 6) is -0.210. The normalized spacial score (nSPS) is 15.3. The molecule has 25 heavy (non-hydrogen) atoms. The zero-order valence-electron chi connectivity index (χ0n) is 13.1. The topological polar surface area (TPSA) is 81.7 Å². The number of rotatable bonds is 5. The number of amides is 2. The number of ether oxygens (including phenoxy) is 2. The Bertz CT molecular complexity index is 858. The van der Waals surface area contributed by atoms with Crippen molar-refractivity contribution in [2.45, 2.75) is 6.92 Å². The second-order valence-corrected chi connectivity index (χ2v) is 6.82. The van der Waals surface area contributed by atoms with Gasteiger partial charge in [0.15, 0.2) is 11.5 Å². The van der Waals surface area contributed by atoms with Gasteiger partial charge in [0.1, 0.15) is 4.88 Å². The molecule has 1 fully saturated rings. The lowest BCUT2D eigenvalue weighted by Gasteiger charge is -2.11. The minimum Gasteiger partial charge on any atom is -0.490 e. The van der Waals surface area contributed by atoms with Gasteiger partial charge in [-0.1, -0.05) is 12.1 Å². The highest BCUT2D eigenvalue weighted by Crippen LogP contribution is 2.32. The van der Waals surface area contributed by atoms with Crippen LogP contribution in [0.25, 0.3) is 6.08 Å². The molecular formula is C17H13NO5S2. The van der Waals surface area contributed by atoms with E-state index < -0.39 is 17.1 Å². The van der Waals surface area contributed by atoms with E-state index in [1.54, 1.807) is 41.8 Å². The molecule has 1 aliphatic heterocycles. The lowest BCUT2D eigenvalue weighted by molar-refractivity contribution is -0.115. The fourth-order valence-electron chi connectivity index (χ4n) is 2.08. The lowest BCUT2D eigenvalue weighted by atomic mass is 10.2. The van der Waals surface area contributed by atoms with Crippen molar-refractivity contribution in [1.82, 2.24) is 5.32 Å². The Morgan fingerprint density at radius 1 is 1.24 bits per heavy atom. The summed E-state index contributed by atoms with van der Waals surface area (Å²) in [4.78, 5) is 35.7. The number of hydrogen-bond acceptors (Lipinski definition) is 7. The van der Waals surface area contributed by atoms with Gasteiger partial charge in [-0.2, -0.15) is 0 Å². The van der Waals surface area contributed by atoms with Gasteiger partial charge in [0.05, 0.1) is 11.5 Å². The summed E-state index contributed by atoms with van der Waals surface area (Å²) >= 11 is 2.13. The number of thioether (sulfide) groups is 1. The smallest absolute Gasteiger partial charge is 0.353 e. The Hall–Kier alpha value is -2.58. The van der Waals surface area contributed by atoms with Gasteiger partial charge in [0, 0.05) is 0 Å². The van der Waals surface area contributed by atoms with Gasteiger partial charge in [-0.3, -0.25) is 14.9 Å². The van der Waals surface area contributed by atoms with Crippen molar-refractivity contribution in [2.24, 2.45) is 0 Å². The number of hydrogen-bond donors (Lipinski definition) is 1. The van der Waals surface area contributed by atoms with Gasteiger partial charge in [-0.15, -0.1) is 11.3 Å². The zero-order valence-corrected chi connectivity index (χ0v) is 14.7. The number of thiophene rings is 1. The first-order valence-electron chi connectivity index (χ1n) is 7.34. The lowest BCUT2D eigenvalue weighted by Crippen LogP contribution is -2.17. The second kappa shape index (κ2) is 7.54. The van der Waals surface area contributed by atoms with Crippen molar-refractivity contribution < 1.29 is 23.9 Å². The van der Waals surface area contributed by atoms with Crippen LogP contribution in [0.3, 0.4) is 0 Å². The largest absolute Gasteiger partial charge is 0.490 e. The quantitative estimate of drug-likeness (QED) is 0.488. The summed E-state index contributed by atoms with van der Waals surface area (Å²) in [6.45, 7) is 2.20. The third-order valence-corrected chi connectivity index (χ3v) is 4.79. The Kier molecular flexibility index (Phi) is 5.20. The summed E-state index contributed by atoms with van der Waals surface area (Å²) < 4.78 is 10.9. The molecule has 1 N–H and O–H groups in total. The van der Waals surface area contributed by atoms with Crippen molar-refractivity contribution >= 4 is 46.3 Å². The molecule has 2 heterocycles. The molecule has 0 radical (unpaired) electrons. The molecular weight excluding hydrogens is 362 g/mol. The summed E-state index contributed by atoms with van der Waals surface area (Å²) in [5, 5.41) is 3.59. The van der Waals surface area contributed by atoms with Crippen LogP contribution in [0.15, 0.2) is 40.6 Å². The monoisotopic (exact) mass is 375 g/mol. The predicted molar refractivity (Wildman–Crippen MR) is 96.0 cm³/mol. The molecule has 2 aromatic rings. The van der Waals surface area contributed by atoms with Crippen LogP contribution in [-0.4, -0.2) is 23.7 Å². The summed E-state index contributed by atoms with van der Waals surface area (Å²) in [6.07, 6.45) is 1.58.